The van der Waals surface area contributed by atoms with Crippen LogP contribution in [0.3, 0.4) is 0 Å². The molecule has 1 aromatic carbocycles. The number of nitrogens with zero attached hydrogens (tertiary/aromatic N) is 1. The Morgan fingerprint density at radius 2 is 1.90 bits per heavy atom. The first kappa shape index (κ1) is 16.1. The van der Waals surface area contributed by atoms with Gasteiger partial charge in [-0.2, -0.15) is 0 Å². The summed E-state index contributed by atoms with van der Waals surface area (Å²) >= 11 is 0. The molecule has 0 saturated heterocycles. The van der Waals surface area contributed by atoms with Crippen LogP contribution in [0.15, 0.2) is 24.3 Å². The summed E-state index contributed by atoms with van der Waals surface area (Å²) in [5.41, 5.74) is 2.58. The van der Waals surface area contributed by atoms with Crippen LogP contribution in [0.5, 0.6) is 0 Å². The monoisotopic (exact) mass is 287 g/mol. The van der Waals surface area contributed by atoms with Crippen molar-refractivity contribution < 1.29 is 4.79 Å². The largest absolute Gasteiger partial charge is 0.374 e. The third-order valence-corrected chi connectivity index (χ3v) is 5.03. The lowest BCUT2D eigenvalue weighted by atomic mass is 9.75. The standard InChI is InChI=1S/C19H29NO/c1-5-15-6-9-18(10-7-15)20(4)13-17-12-16(14(2)3)8-11-19(17)21/h6-7,9-10,14,16-17H,5,8,11-13H2,1-4H3. The normalized spacial score (nSPS) is 22.6. The molecule has 0 heterocycles. The number of carbonyl (C=O) groups excluding carboxylic acids is 1. The van der Waals surface area contributed by atoms with Crippen LogP contribution < -0.4 is 4.90 Å². The SMILES string of the molecule is CCc1ccc(N(C)CC2CC(C(C)C)CCC2=O)cc1. The van der Waals surface area contributed by atoms with Crippen LogP contribution in [0.4, 0.5) is 5.69 Å². The van der Waals surface area contributed by atoms with Gasteiger partial charge in [-0.05, 0) is 48.8 Å². The topological polar surface area (TPSA) is 20.3 Å². The maximum Gasteiger partial charge on any atom is 0.137 e. The lowest BCUT2D eigenvalue weighted by Gasteiger charge is -2.33. The van der Waals surface area contributed by atoms with Crippen molar-refractivity contribution in [2.24, 2.45) is 17.8 Å². The average Bonchev–Trinajstić information content (AvgIpc) is 2.49. The first-order valence-corrected chi connectivity index (χ1v) is 8.34. The summed E-state index contributed by atoms with van der Waals surface area (Å²) < 4.78 is 0. The van der Waals surface area contributed by atoms with E-state index < -0.39 is 0 Å². The smallest absolute Gasteiger partial charge is 0.137 e. The summed E-state index contributed by atoms with van der Waals surface area (Å²) in [6.45, 7) is 7.59. The van der Waals surface area contributed by atoms with E-state index >= 15 is 0 Å². The maximum atomic E-state index is 12.2. The zero-order chi connectivity index (χ0) is 15.4. The Kier molecular flexibility index (Phi) is 5.44. The first-order chi connectivity index (χ1) is 10.0. The molecule has 2 atom stereocenters. The Bertz CT molecular complexity index is 463. The molecule has 2 rings (SSSR count). The Hall–Kier alpha value is -1.31. The van der Waals surface area contributed by atoms with Crippen LogP contribution in [-0.2, 0) is 11.2 Å². The van der Waals surface area contributed by atoms with Crippen LogP contribution in [0.1, 0.15) is 45.6 Å². The van der Waals surface area contributed by atoms with Gasteiger partial charge in [0.05, 0.1) is 0 Å². The number of carbonyl (C=O) groups is 1. The number of hydrogen-bond donors (Lipinski definition) is 0. The molecule has 0 bridgehead atoms. The van der Waals surface area contributed by atoms with Crippen molar-refractivity contribution in [1.29, 1.82) is 0 Å². The number of ketones is 1. The van der Waals surface area contributed by atoms with Gasteiger partial charge < -0.3 is 4.90 Å². The van der Waals surface area contributed by atoms with E-state index in [-0.39, 0.29) is 5.92 Å². The minimum atomic E-state index is 0.210. The highest BCUT2D eigenvalue weighted by molar-refractivity contribution is 5.82. The van der Waals surface area contributed by atoms with E-state index in [0.29, 0.717) is 17.6 Å². The molecule has 1 aliphatic carbocycles. The second-order valence-corrected chi connectivity index (χ2v) is 6.84. The van der Waals surface area contributed by atoms with Gasteiger partial charge in [0.1, 0.15) is 5.78 Å². The molecule has 116 valence electrons. The fourth-order valence-corrected chi connectivity index (χ4v) is 3.35. The van der Waals surface area contributed by atoms with Gasteiger partial charge in [-0.25, -0.2) is 0 Å². The fraction of sp³-hybridized carbons (Fsp3) is 0.632. The molecule has 1 aromatic rings. The number of rotatable bonds is 5. The quantitative estimate of drug-likeness (QED) is 0.803. The zero-order valence-electron chi connectivity index (χ0n) is 13.9. The van der Waals surface area contributed by atoms with E-state index in [2.05, 4.69) is 57.0 Å². The van der Waals surface area contributed by atoms with E-state index in [4.69, 9.17) is 0 Å². The molecule has 2 unspecified atom stereocenters. The van der Waals surface area contributed by atoms with Gasteiger partial charge in [-0.3, -0.25) is 4.79 Å². The highest BCUT2D eigenvalue weighted by atomic mass is 16.1. The van der Waals surface area contributed by atoms with Crippen LogP contribution in [0.2, 0.25) is 0 Å². The van der Waals surface area contributed by atoms with Crippen LogP contribution in [0.25, 0.3) is 0 Å². The van der Waals surface area contributed by atoms with Crippen molar-refractivity contribution in [3.8, 4) is 0 Å². The van der Waals surface area contributed by atoms with Crippen molar-refractivity contribution in [3.63, 3.8) is 0 Å². The van der Waals surface area contributed by atoms with Gasteiger partial charge in [0.2, 0.25) is 0 Å². The average molecular weight is 287 g/mol. The number of aryl methyl sites for hydroxylation is 1. The Morgan fingerprint density at radius 1 is 1.24 bits per heavy atom. The third kappa shape index (κ3) is 4.09. The molecule has 2 nitrogen and oxygen atoms in total. The van der Waals surface area contributed by atoms with Crippen LogP contribution in [-0.4, -0.2) is 19.4 Å². The van der Waals surface area contributed by atoms with Crippen molar-refractivity contribution in [3.05, 3.63) is 29.8 Å². The summed E-state index contributed by atoms with van der Waals surface area (Å²) in [4.78, 5) is 14.4. The highest BCUT2D eigenvalue weighted by Gasteiger charge is 2.30. The molecule has 1 fully saturated rings. The minimum absolute atomic E-state index is 0.210. The molecule has 0 aliphatic heterocycles. The van der Waals surface area contributed by atoms with Crippen molar-refractivity contribution >= 4 is 11.5 Å². The second kappa shape index (κ2) is 7.11. The number of benzene rings is 1. The molecule has 0 amide bonds. The lowest BCUT2D eigenvalue weighted by molar-refractivity contribution is -0.125. The van der Waals surface area contributed by atoms with Crippen molar-refractivity contribution in [2.75, 3.05) is 18.5 Å². The summed E-state index contributed by atoms with van der Waals surface area (Å²) in [6.07, 6.45) is 3.99. The van der Waals surface area contributed by atoms with Crippen molar-refractivity contribution in [2.45, 2.75) is 46.5 Å². The number of anilines is 1. The van der Waals surface area contributed by atoms with Gasteiger partial charge in [0.25, 0.3) is 0 Å². The van der Waals surface area contributed by atoms with Gasteiger partial charge in [-0.1, -0.05) is 32.9 Å². The second-order valence-electron chi connectivity index (χ2n) is 6.84. The van der Waals surface area contributed by atoms with Gasteiger partial charge in [0, 0.05) is 31.6 Å². The zero-order valence-corrected chi connectivity index (χ0v) is 13.9. The van der Waals surface area contributed by atoms with Gasteiger partial charge >= 0.3 is 0 Å². The molecule has 0 N–H and O–H groups in total. The Labute approximate surface area is 129 Å². The molecular weight excluding hydrogens is 258 g/mol. The highest BCUT2D eigenvalue weighted by Crippen LogP contribution is 2.32. The van der Waals surface area contributed by atoms with E-state index in [1.54, 1.807) is 0 Å². The first-order valence-electron chi connectivity index (χ1n) is 8.34. The molecular formula is C19H29NO. The molecule has 21 heavy (non-hydrogen) atoms. The Balaban J connectivity index is 1.99. The van der Waals surface area contributed by atoms with E-state index in [1.807, 2.05) is 0 Å². The third-order valence-electron chi connectivity index (χ3n) is 5.03. The van der Waals surface area contributed by atoms with E-state index in [9.17, 15) is 4.79 Å². The van der Waals surface area contributed by atoms with E-state index in [0.717, 1.165) is 32.2 Å². The molecule has 1 aliphatic rings. The van der Waals surface area contributed by atoms with Gasteiger partial charge in [-0.15, -0.1) is 0 Å². The van der Waals surface area contributed by atoms with Crippen LogP contribution in [0, 0.1) is 17.8 Å². The molecule has 2 heteroatoms. The predicted molar refractivity (Wildman–Crippen MR) is 89.8 cm³/mol. The van der Waals surface area contributed by atoms with E-state index in [1.165, 1.54) is 11.3 Å². The lowest BCUT2D eigenvalue weighted by Crippen LogP contribution is -2.36. The predicted octanol–water partition coefficient (Wildman–Crippen LogP) is 4.33. The molecule has 0 spiro atoms. The maximum absolute atomic E-state index is 12.2. The summed E-state index contributed by atoms with van der Waals surface area (Å²) in [6, 6.07) is 8.72. The summed E-state index contributed by atoms with van der Waals surface area (Å²) in [5.74, 6) is 2.07. The fourth-order valence-electron chi connectivity index (χ4n) is 3.35. The summed E-state index contributed by atoms with van der Waals surface area (Å²) in [7, 11) is 2.10. The van der Waals surface area contributed by atoms with Crippen LogP contribution >= 0.6 is 0 Å². The number of Topliss-reactive ketones (excluding diaryl/α,β-unsaturated/α-hetero) is 1. The van der Waals surface area contributed by atoms with Gasteiger partial charge in [0.15, 0.2) is 0 Å². The molecule has 0 aromatic heterocycles. The summed E-state index contributed by atoms with van der Waals surface area (Å²) in [5, 5.41) is 0. The minimum Gasteiger partial charge on any atom is -0.374 e. The Morgan fingerprint density at radius 3 is 2.48 bits per heavy atom. The molecule has 0 radical (unpaired) electrons. The molecule has 1 saturated carbocycles. The van der Waals surface area contributed by atoms with Crippen molar-refractivity contribution in [1.82, 2.24) is 0 Å². The number of hydrogen-bond acceptors (Lipinski definition) is 2.